The molecule has 0 aliphatic carbocycles. The van der Waals surface area contributed by atoms with Gasteiger partial charge >= 0.3 is 35.5 Å². The van der Waals surface area contributed by atoms with Crippen molar-refractivity contribution in [2.24, 2.45) is 0 Å². The summed E-state index contributed by atoms with van der Waals surface area (Å²) in [7, 11) is -3.10. The molecule has 1 N–H and O–H groups in total. The van der Waals surface area contributed by atoms with Crippen molar-refractivity contribution in [1.82, 2.24) is 9.55 Å². The van der Waals surface area contributed by atoms with Gasteiger partial charge in [-0.3, -0.25) is 4.79 Å². The number of nitrogens with zero attached hydrogens (tertiary/aromatic N) is 2. The summed E-state index contributed by atoms with van der Waals surface area (Å²) in [6.07, 6.45) is 0.0430. The Hall–Kier alpha value is -1.64. The maximum absolute atomic E-state index is 13.2. The normalized spacial score (nSPS) is 20.0. The zero-order valence-corrected chi connectivity index (χ0v) is 19.3. The van der Waals surface area contributed by atoms with E-state index in [1.807, 2.05) is 30.3 Å². The van der Waals surface area contributed by atoms with Crippen LogP contribution in [0.4, 0.5) is 0 Å². The van der Waals surface area contributed by atoms with E-state index in [0.717, 1.165) is 16.5 Å². The Morgan fingerprint density at radius 1 is 1.33 bits per heavy atom. The van der Waals surface area contributed by atoms with Crippen LogP contribution >= 0.6 is 8.60 Å². The fourth-order valence-electron chi connectivity index (χ4n) is 4.20. The van der Waals surface area contributed by atoms with E-state index in [2.05, 4.69) is 0 Å². The van der Waals surface area contributed by atoms with Crippen LogP contribution in [0.25, 0.3) is 22.3 Å². The molecular formula is C20H16N2NaO6P. The molecule has 10 heteroatoms. The van der Waals surface area contributed by atoms with E-state index >= 15 is 0 Å². The molecule has 148 valence electrons. The number of hydrogen-bond donors (Lipinski definition) is 1. The molecule has 1 aromatic carbocycles. The number of carbonyl (C=O) groups is 1. The van der Waals surface area contributed by atoms with Crippen LogP contribution in [-0.2, 0) is 32.8 Å². The van der Waals surface area contributed by atoms with Gasteiger partial charge in [0.1, 0.15) is 6.61 Å². The van der Waals surface area contributed by atoms with Crippen LogP contribution < -0.4 is 40.0 Å². The van der Waals surface area contributed by atoms with Gasteiger partial charge in [0.05, 0.1) is 37.6 Å². The Bertz CT molecular complexity index is 1240. The number of fused-ring (bicyclic) bond motifs is 5. The fourth-order valence-corrected chi connectivity index (χ4v) is 4.77. The monoisotopic (exact) mass is 434 g/mol. The third-order valence-electron chi connectivity index (χ3n) is 5.62. The first kappa shape index (κ1) is 21.6. The number of aromatic nitrogens is 2. The standard InChI is InChI=1S/C20H16N2O6P.Na/c1-2-20(28-29(25)26)14-8-16-17-12(7-11-5-3-4-6-15(11)21-17)9-22(16)18(23)13(14)10-27-19(20)24;/h3-8,25H,2,9-10H2,1H3;/q-1;+1/t20-;/m0./s1. The molecule has 2 aliphatic heterocycles. The molecule has 0 saturated heterocycles. The zero-order chi connectivity index (χ0) is 20.3. The first-order chi connectivity index (χ1) is 13.9. The third-order valence-corrected chi connectivity index (χ3v) is 6.09. The van der Waals surface area contributed by atoms with Crippen LogP contribution in [-0.4, -0.2) is 20.4 Å². The average molecular weight is 434 g/mol. The summed E-state index contributed by atoms with van der Waals surface area (Å²) in [5.74, 6) is -0.779. The Labute approximate surface area is 194 Å². The molecule has 0 amide bonds. The van der Waals surface area contributed by atoms with Crippen LogP contribution in [0.3, 0.4) is 0 Å². The minimum Gasteiger partial charge on any atom is -0.786 e. The van der Waals surface area contributed by atoms with Gasteiger partial charge in [-0.25, -0.2) is 9.78 Å². The van der Waals surface area contributed by atoms with Crippen molar-refractivity contribution in [2.75, 3.05) is 0 Å². The van der Waals surface area contributed by atoms with Gasteiger partial charge in [0.25, 0.3) is 5.56 Å². The predicted octanol–water partition coefficient (Wildman–Crippen LogP) is -1.31. The number of esters is 1. The molecule has 30 heavy (non-hydrogen) atoms. The van der Waals surface area contributed by atoms with Gasteiger partial charge in [0.15, 0.2) is 5.60 Å². The number of cyclic esters (lactones) is 1. The molecule has 3 aromatic rings. The maximum atomic E-state index is 13.2. The molecule has 0 bridgehead atoms. The Morgan fingerprint density at radius 2 is 2.10 bits per heavy atom. The quantitative estimate of drug-likeness (QED) is 0.242. The van der Waals surface area contributed by atoms with E-state index in [1.54, 1.807) is 17.6 Å². The second kappa shape index (κ2) is 7.80. The van der Waals surface area contributed by atoms with Crippen LogP contribution in [0.15, 0.2) is 41.2 Å². The van der Waals surface area contributed by atoms with Crippen LogP contribution in [0.1, 0.15) is 30.0 Å². The van der Waals surface area contributed by atoms with Gasteiger partial charge in [-0.05, 0) is 24.6 Å². The van der Waals surface area contributed by atoms with E-state index in [-0.39, 0.29) is 59.3 Å². The number of carbonyl (C=O) groups excluding carboxylic acids is 1. The summed E-state index contributed by atoms with van der Waals surface area (Å²) in [5.41, 5.74) is 1.30. The summed E-state index contributed by atoms with van der Waals surface area (Å²) in [6, 6.07) is 11.3. The van der Waals surface area contributed by atoms with Crippen molar-refractivity contribution in [3.05, 3.63) is 63.4 Å². The second-order valence-corrected chi connectivity index (χ2v) is 7.75. The van der Waals surface area contributed by atoms with Crippen molar-refractivity contribution in [1.29, 1.82) is 0 Å². The number of benzene rings is 1. The molecule has 2 aromatic heterocycles. The van der Waals surface area contributed by atoms with E-state index in [4.69, 9.17) is 14.2 Å². The van der Waals surface area contributed by atoms with E-state index in [0.29, 0.717) is 17.9 Å². The first-order valence-corrected chi connectivity index (χ1v) is 10.3. The summed E-state index contributed by atoms with van der Waals surface area (Å²) in [5, 5.41) is 0.971. The van der Waals surface area contributed by atoms with E-state index < -0.39 is 20.2 Å². The van der Waals surface area contributed by atoms with Gasteiger partial charge in [-0.1, -0.05) is 25.1 Å². The number of hydrogen-bond acceptors (Lipinski definition) is 7. The van der Waals surface area contributed by atoms with Gasteiger partial charge in [-0.15, -0.1) is 0 Å². The number of ether oxygens (including phenoxy) is 1. The van der Waals surface area contributed by atoms with Crippen molar-refractivity contribution in [2.45, 2.75) is 32.1 Å². The molecule has 0 saturated carbocycles. The van der Waals surface area contributed by atoms with Crippen LogP contribution in [0, 0.1) is 0 Å². The topological polar surface area (TPSA) is 114 Å². The molecule has 2 aliphatic rings. The van der Waals surface area contributed by atoms with E-state index in [9.17, 15) is 19.4 Å². The molecule has 8 nitrogen and oxygen atoms in total. The third kappa shape index (κ3) is 3.07. The summed E-state index contributed by atoms with van der Waals surface area (Å²) in [4.78, 5) is 51.3. The van der Waals surface area contributed by atoms with Crippen LogP contribution in [0.5, 0.6) is 0 Å². The Balaban J connectivity index is 0.00000218. The first-order valence-electron chi connectivity index (χ1n) is 9.13. The van der Waals surface area contributed by atoms with Crippen molar-refractivity contribution >= 4 is 25.5 Å². The summed E-state index contributed by atoms with van der Waals surface area (Å²) in [6.45, 7) is 1.79. The molecule has 1 unspecified atom stereocenters. The summed E-state index contributed by atoms with van der Waals surface area (Å²) < 4.78 is 11.9. The maximum Gasteiger partial charge on any atom is 1.00 e. The average Bonchev–Trinajstić information content (AvgIpc) is 3.06. The number of rotatable bonds is 3. The van der Waals surface area contributed by atoms with Crippen molar-refractivity contribution in [3.63, 3.8) is 0 Å². The summed E-state index contributed by atoms with van der Waals surface area (Å²) >= 11 is 0. The molecular weight excluding hydrogens is 418 g/mol. The van der Waals surface area contributed by atoms with Gasteiger partial charge in [0, 0.05) is 16.5 Å². The molecule has 0 fully saturated rings. The Kier molecular flexibility index (Phi) is 5.61. The second-order valence-electron chi connectivity index (χ2n) is 7.09. The van der Waals surface area contributed by atoms with Gasteiger partial charge in [-0.2, -0.15) is 0 Å². The van der Waals surface area contributed by atoms with Crippen LogP contribution in [0.2, 0.25) is 0 Å². The smallest absolute Gasteiger partial charge is 0.786 e. The van der Waals surface area contributed by atoms with Gasteiger partial charge < -0.3 is 23.6 Å². The number of para-hydroxylation sites is 1. The molecule has 2 atom stereocenters. The molecule has 0 radical (unpaired) electrons. The minimum absolute atomic E-state index is 0. The molecule has 4 heterocycles. The fraction of sp³-hybridized carbons (Fsp3) is 0.250. The zero-order valence-electron chi connectivity index (χ0n) is 16.4. The Morgan fingerprint density at radius 3 is 2.83 bits per heavy atom. The molecule has 5 rings (SSSR count). The number of pyridine rings is 2. The minimum atomic E-state index is -3.10. The largest absolute Gasteiger partial charge is 1.00 e. The predicted molar refractivity (Wildman–Crippen MR) is 103 cm³/mol. The van der Waals surface area contributed by atoms with Crippen molar-refractivity contribution < 1.29 is 53.4 Å². The van der Waals surface area contributed by atoms with Crippen molar-refractivity contribution in [3.8, 4) is 11.4 Å². The van der Waals surface area contributed by atoms with E-state index in [1.165, 1.54) is 0 Å². The van der Waals surface area contributed by atoms with Gasteiger partial charge in [0.2, 0.25) is 0 Å². The SMILES string of the molecule is CC[C@@]1(OP([O-])O)C(=O)OCc2c1cc1n(c2=O)Cc2cc3ccccc3nc2-1.[Na+]. The molecule has 0 spiro atoms.